The first-order chi connectivity index (χ1) is 10.0. The summed E-state index contributed by atoms with van der Waals surface area (Å²) in [6.07, 6.45) is 3.26. The molecular formula is C15H21NO4S. The first-order valence-electron chi connectivity index (χ1n) is 6.79. The maximum absolute atomic E-state index is 11.3. The molecule has 6 heteroatoms. The van der Waals surface area contributed by atoms with Crippen LogP contribution in [0.25, 0.3) is 0 Å². The third-order valence-corrected chi connectivity index (χ3v) is 3.82. The van der Waals surface area contributed by atoms with E-state index in [1.54, 1.807) is 11.8 Å². The number of carboxylic acid groups (broad SMARTS) is 2. The summed E-state index contributed by atoms with van der Waals surface area (Å²) in [5.41, 5.74) is 1.04. The van der Waals surface area contributed by atoms with Gasteiger partial charge in [-0.05, 0) is 36.8 Å². The van der Waals surface area contributed by atoms with E-state index in [-0.39, 0.29) is 0 Å². The molecule has 0 radical (unpaired) electrons. The second-order valence-corrected chi connectivity index (χ2v) is 5.74. The van der Waals surface area contributed by atoms with Crippen molar-refractivity contribution in [2.45, 2.75) is 31.3 Å². The van der Waals surface area contributed by atoms with Crippen LogP contribution in [0.1, 0.15) is 18.4 Å². The lowest BCUT2D eigenvalue weighted by molar-refractivity contribution is -0.142. The van der Waals surface area contributed by atoms with Gasteiger partial charge in [0.25, 0.3) is 0 Å². The van der Waals surface area contributed by atoms with Crippen LogP contribution < -0.4 is 5.32 Å². The van der Waals surface area contributed by atoms with E-state index in [2.05, 4.69) is 5.32 Å². The van der Waals surface area contributed by atoms with Crippen molar-refractivity contribution in [3.63, 3.8) is 0 Å². The fraction of sp³-hybridized carbons (Fsp3) is 0.467. The summed E-state index contributed by atoms with van der Waals surface area (Å²) in [5.74, 6) is -1.34. The van der Waals surface area contributed by atoms with Gasteiger partial charge in [0, 0.05) is 0 Å². The highest BCUT2D eigenvalue weighted by Gasteiger charge is 2.25. The minimum absolute atomic E-state index is 0.363. The molecule has 2 atom stereocenters. The van der Waals surface area contributed by atoms with Crippen molar-refractivity contribution in [2.75, 3.05) is 12.0 Å². The molecule has 3 N–H and O–H groups in total. The monoisotopic (exact) mass is 311 g/mol. The van der Waals surface area contributed by atoms with Gasteiger partial charge < -0.3 is 10.2 Å². The first kappa shape index (κ1) is 17.5. The summed E-state index contributed by atoms with van der Waals surface area (Å²) >= 11 is 1.54. The highest BCUT2D eigenvalue weighted by Crippen LogP contribution is 2.08. The highest BCUT2D eigenvalue weighted by atomic mass is 32.2. The molecule has 0 spiro atoms. The molecule has 0 fully saturated rings. The molecule has 1 rings (SSSR count). The number of thioether (sulfide) groups is 1. The molecule has 0 aromatic heterocycles. The van der Waals surface area contributed by atoms with Gasteiger partial charge >= 0.3 is 11.9 Å². The van der Waals surface area contributed by atoms with Gasteiger partial charge in [0.05, 0.1) is 0 Å². The van der Waals surface area contributed by atoms with Crippen LogP contribution in [0.15, 0.2) is 30.3 Å². The molecule has 0 aliphatic rings. The smallest absolute Gasteiger partial charge is 0.320 e. The Hall–Kier alpha value is -1.53. The fourth-order valence-corrected chi connectivity index (χ4v) is 2.46. The third kappa shape index (κ3) is 6.64. The van der Waals surface area contributed by atoms with Crippen molar-refractivity contribution in [1.82, 2.24) is 5.32 Å². The summed E-state index contributed by atoms with van der Waals surface area (Å²) in [5, 5.41) is 21.1. The molecule has 0 bridgehead atoms. The van der Waals surface area contributed by atoms with Gasteiger partial charge in [0.1, 0.15) is 12.1 Å². The lowest BCUT2D eigenvalue weighted by Crippen LogP contribution is -2.47. The van der Waals surface area contributed by atoms with Crippen molar-refractivity contribution >= 4 is 23.7 Å². The maximum atomic E-state index is 11.3. The Balaban J connectivity index is 2.59. The van der Waals surface area contributed by atoms with E-state index in [0.717, 1.165) is 5.56 Å². The second-order valence-electron chi connectivity index (χ2n) is 4.75. The number of aryl methyl sites for hydroxylation is 1. The Kier molecular flexibility index (Phi) is 7.85. The fourth-order valence-electron chi connectivity index (χ4n) is 1.99. The predicted molar refractivity (Wildman–Crippen MR) is 83.7 cm³/mol. The standard InChI is InChI=1S/C15H21NO4S/c1-21-10-9-13(15(19)20)16-12(14(17)18)8-7-11-5-3-2-4-6-11/h2-6,12-13,16H,7-10H2,1H3,(H,17,18)(H,19,20)/t12?,13-/m0/s1. The maximum Gasteiger partial charge on any atom is 0.320 e. The average molecular weight is 311 g/mol. The Bertz CT molecular complexity index is 452. The summed E-state index contributed by atoms with van der Waals surface area (Å²) in [6, 6.07) is 7.89. The Morgan fingerprint density at radius 2 is 1.67 bits per heavy atom. The molecule has 0 aliphatic carbocycles. The van der Waals surface area contributed by atoms with E-state index in [1.807, 2.05) is 36.6 Å². The van der Waals surface area contributed by atoms with E-state index in [1.165, 1.54) is 0 Å². The Morgan fingerprint density at radius 3 is 2.19 bits per heavy atom. The number of benzene rings is 1. The third-order valence-electron chi connectivity index (χ3n) is 3.17. The minimum Gasteiger partial charge on any atom is -0.480 e. The first-order valence-corrected chi connectivity index (χ1v) is 8.18. The van der Waals surface area contributed by atoms with Crippen molar-refractivity contribution in [1.29, 1.82) is 0 Å². The normalized spacial score (nSPS) is 13.6. The number of rotatable bonds is 10. The Labute approximate surface area is 128 Å². The van der Waals surface area contributed by atoms with Crippen LogP contribution in [0, 0.1) is 0 Å². The van der Waals surface area contributed by atoms with Gasteiger partial charge in [-0.2, -0.15) is 11.8 Å². The van der Waals surface area contributed by atoms with E-state index in [4.69, 9.17) is 5.11 Å². The zero-order valence-corrected chi connectivity index (χ0v) is 12.8. The zero-order valence-electron chi connectivity index (χ0n) is 12.0. The van der Waals surface area contributed by atoms with Crippen LogP contribution in [-0.2, 0) is 16.0 Å². The minimum atomic E-state index is -1.01. The van der Waals surface area contributed by atoms with E-state index in [0.29, 0.717) is 25.0 Å². The Morgan fingerprint density at radius 1 is 1.10 bits per heavy atom. The molecule has 0 aliphatic heterocycles. The zero-order chi connectivity index (χ0) is 15.7. The van der Waals surface area contributed by atoms with Crippen LogP contribution in [0.2, 0.25) is 0 Å². The van der Waals surface area contributed by atoms with Crippen LogP contribution in [0.5, 0.6) is 0 Å². The number of aliphatic carboxylic acids is 2. The van der Waals surface area contributed by atoms with Crippen LogP contribution in [0.4, 0.5) is 0 Å². The van der Waals surface area contributed by atoms with Crippen LogP contribution >= 0.6 is 11.8 Å². The van der Waals surface area contributed by atoms with Crippen molar-refractivity contribution in [3.8, 4) is 0 Å². The number of hydrogen-bond donors (Lipinski definition) is 3. The van der Waals surface area contributed by atoms with Gasteiger partial charge in [-0.25, -0.2) is 0 Å². The quantitative estimate of drug-likeness (QED) is 0.611. The average Bonchev–Trinajstić information content (AvgIpc) is 2.47. The van der Waals surface area contributed by atoms with Gasteiger partial charge in [-0.3, -0.25) is 14.9 Å². The molecule has 0 saturated carbocycles. The molecule has 0 amide bonds. The van der Waals surface area contributed by atoms with Gasteiger partial charge in [0.2, 0.25) is 0 Å². The number of carboxylic acids is 2. The molecule has 1 unspecified atom stereocenters. The predicted octanol–water partition coefficient (Wildman–Crippen LogP) is 1.87. The molecule has 0 saturated heterocycles. The SMILES string of the molecule is CSCC[C@H](NC(CCc1ccccc1)C(=O)O)C(=O)O. The molecule has 1 aromatic rings. The number of nitrogens with one attached hydrogen (secondary N) is 1. The number of carbonyl (C=O) groups is 2. The molecule has 116 valence electrons. The highest BCUT2D eigenvalue weighted by molar-refractivity contribution is 7.98. The van der Waals surface area contributed by atoms with Gasteiger partial charge in [0.15, 0.2) is 0 Å². The van der Waals surface area contributed by atoms with E-state index < -0.39 is 24.0 Å². The summed E-state index contributed by atoms with van der Waals surface area (Å²) in [7, 11) is 0. The topological polar surface area (TPSA) is 86.6 Å². The lowest BCUT2D eigenvalue weighted by Gasteiger charge is -2.20. The van der Waals surface area contributed by atoms with Crippen LogP contribution in [-0.4, -0.2) is 46.2 Å². The number of hydrogen-bond acceptors (Lipinski definition) is 4. The van der Waals surface area contributed by atoms with Crippen molar-refractivity contribution in [3.05, 3.63) is 35.9 Å². The largest absolute Gasteiger partial charge is 0.480 e. The van der Waals surface area contributed by atoms with Gasteiger partial charge in [-0.15, -0.1) is 0 Å². The molecule has 5 nitrogen and oxygen atoms in total. The molecule has 1 aromatic carbocycles. The summed E-state index contributed by atoms with van der Waals surface area (Å²) < 4.78 is 0. The van der Waals surface area contributed by atoms with Crippen molar-refractivity contribution in [2.24, 2.45) is 0 Å². The summed E-state index contributed by atoms with van der Waals surface area (Å²) in [6.45, 7) is 0. The summed E-state index contributed by atoms with van der Waals surface area (Å²) in [4.78, 5) is 22.5. The van der Waals surface area contributed by atoms with Gasteiger partial charge in [-0.1, -0.05) is 30.3 Å². The van der Waals surface area contributed by atoms with E-state index in [9.17, 15) is 14.7 Å². The van der Waals surface area contributed by atoms with Crippen molar-refractivity contribution < 1.29 is 19.8 Å². The van der Waals surface area contributed by atoms with Crippen LogP contribution in [0.3, 0.4) is 0 Å². The second kappa shape index (κ2) is 9.41. The molecule has 21 heavy (non-hydrogen) atoms. The molecule has 0 heterocycles. The van der Waals surface area contributed by atoms with E-state index >= 15 is 0 Å². The molecular weight excluding hydrogens is 290 g/mol. The lowest BCUT2D eigenvalue weighted by atomic mass is 10.0.